The summed E-state index contributed by atoms with van der Waals surface area (Å²) in [7, 11) is 1.18. The summed E-state index contributed by atoms with van der Waals surface area (Å²) in [5, 5.41) is 20.4. The van der Waals surface area contributed by atoms with Crippen LogP contribution in [0.4, 0.5) is 0 Å². The molecular weight excluding hydrogens is 292 g/mol. The molecule has 2 rings (SSSR count). The van der Waals surface area contributed by atoms with Crippen LogP contribution < -0.4 is 5.56 Å². The molecule has 3 N–H and O–H groups in total. The number of aromatic carboxylic acids is 1. The van der Waals surface area contributed by atoms with Gasteiger partial charge in [0.05, 0.1) is 23.9 Å². The van der Waals surface area contributed by atoms with Crippen molar-refractivity contribution in [3.05, 3.63) is 51.4 Å². The summed E-state index contributed by atoms with van der Waals surface area (Å²) in [5.74, 6) is -1.81. The summed E-state index contributed by atoms with van der Waals surface area (Å²) in [5.41, 5.74) is 0.0400. The van der Waals surface area contributed by atoms with Crippen molar-refractivity contribution in [1.82, 2.24) is 9.78 Å². The summed E-state index contributed by atoms with van der Waals surface area (Å²) in [4.78, 5) is 34.7. The molecule has 0 bridgehead atoms. The number of nitrogens with zero attached hydrogens (tertiary/aromatic N) is 1. The number of benzene rings is 1. The van der Waals surface area contributed by atoms with Crippen molar-refractivity contribution in [2.45, 2.75) is 6.42 Å². The zero-order valence-electron chi connectivity index (χ0n) is 11.7. The third-order valence-electron chi connectivity index (χ3n) is 3.11. The van der Waals surface area contributed by atoms with Gasteiger partial charge in [0.2, 0.25) is 0 Å². The highest BCUT2D eigenvalue weighted by molar-refractivity contribution is 5.90. The van der Waals surface area contributed by atoms with E-state index in [4.69, 9.17) is 10.2 Å². The number of nitrogens with one attached hydrogen (secondary N) is 1. The SMILES string of the molecule is COC(=O)c1c(CCO)c(=O)[nH]n1-c1ccc(C(=O)O)cc1. The molecule has 0 saturated carbocycles. The number of carboxylic acids is 1. The largest absolute Gasteiger partial charge is 0.478 e. The Hall–Kier alpha value is -2.87. The van der Waals surface area contributed by atoms with Gasteiger partial charge in [0, 0.05) is 13.0 Å². The second-order valence-corrected chi connectivity index (χ2v) is 4.42. The minimum Gasteiger partial charge on any atom is -0.478 e. The summed E-state index contributed by atoms with van der Waals surface area (Å²) in [6, 6.07) is 5.61. The number of esters is 1. The number of hydrogen-bond donors (Lipinski definition) is 3. The average molecular weight is 306 g/mol. The van der Waals surface area contributed by atoms with Gasteiger partial charge in [0.15, 0.2) is 5.69 Å². The van der Waals surface area contributed by atoms with Gasteiger partial charge in [-0.2, -0.15) is 0 Å². The molecule has 116 valence electrons. The predicted molar refractivity (Wildman–Crippen MR) is 75.5 cm³/mol. The van der Waals surface area contributed by atoms with E-state index in [1.807, 2.05) is 0 Å². The Morgan fingerprint density at radius 1 is 1.27 bits per heavy atom. The molecule has 0 radical (unpaired) electrons. The van der Waals surface area contributed by atoms with E-state index in [2.05, 4.69) is 9.84 Å². The van der Waals surface area contributed by atoms with Gasteiger partial charge in [-0.15, -0.1) is 0 Å². The summed E-state index contributed by atoms with van der Waals surface area (Å²) in [6.45, 7) is -0.297. The Morgan fingerprint density at radius 3 is 2.41 bits per heavy atom. The Kier molecular flexibility index (Phi) is 4.42. The molecule has 8 heteroatoms. The fourth-order valence-electron chi connectivity index (χ4n) is 2.07. The van der Waals surface area contributed by atoms with Gasteiger partial charge >= 0.3 is 11.9 Å². The van der Waals surface area contributed by atoms with Crippen LogP contribution in [0.2, 0.25) is 0 Å². The van der Waals surface area contributed by atoms with Crippen molar-refractivity contribution >= 4 is 11.9 Å². The molecule has 8 nitrogen and oxygen atoms in total. The maximum Gasteiger partial charge on any atom is 0.357 e. The number of hydrogen-bond acceptors (Lipinski definition) is 5. The van der Waals surface area contributed by atoms with Crippen LogP contribution in [0.3, 0.4) is 0 Å². The first kappa shape index (κ1) is 15.5. The fourth-order valence-corrected chi connectivity index (χ4v) is 2.07. The van der Waals surface area contributed by atoms with Crippen LogP contribution in [0, 0.1) is 0 Å². The van der Waals surface area contributed by atoms with Crippen LogP contribution in [-0.2, 0) is 11.2 Å². The van der Waals surface area contributed by atoms with E-state index in [1.165, 1.54) is 36.1 Å². The standard InChI is InChI=1S/C14H14N2O6/c1-22-14(21)11-10(6-7-17)12(18)15-16(11)9-4-2-8(3-5-9)13(19)20/h2-5,17H,6-7H2,1H3,(H,15,18)(H,19,20). The van der Waals surface area contributed by atoms with Crippen LogP contribution in [0.5, 0.6) is 0 Å². The van der Waals surface area contributed by atoms with Crippen LogP contribution in [0.1, 0.15) is 26.4 Å². The Bertz CT molecular complexity index is 757. The van der Waals surface area contributed by atoms with Crippen molar-refractivity contribution in [2.24, 2.45) is 0 Å². The summed E-state index contributed by atoms with van der Waals surface area (Å²) < 4.78 is 5.88. The van der Waals surface area contributed by atoms with Gasteiger partial charge in [0.25, 0.3) is 5.56 Å². The number of carbonyl (C=O) groups excluding carboxylic acids is 1. The van der Waals surface area contributed by atoms with Crippen molar-refractivity contribution in [2.75, 3.05) is 13.7 Å². The Balaban J connectivity index is 2.59. The Morgan fingerprint density at radius 2 is 1.91 bits per heavy atom. The first-order valence-electron chi connectivity index (χ1n) is 6.36. The lowest BCUT2D eigenvalue weighted by molar-refractivity contribution is 0.0588. The van der Waals surface area contributed by atoms with E-state index >= 15 is 0 Å². The number of rotatable bonds is 5. The normalized spacial score (nSPS) is 10.5. The molecule has 0 saturated heterocycles. The van der Waals surface area contributed by atoms with Gasteiger partial charge in [-0.25, -0.2) is 14.3 Å². The van der Waals surface area contributed by atoms with E-state index in [9.17, 15) is 14.4 Å². The van der Waals surface area contributed by atoms with Crippen LogP contribution in [0.15, 0.2) is 29.1 Å². The minimum atomic E-state index is -1.08. The van der Waals surface area contributed by atoms with E-state index in [1.54, 1.807) is 0 Å². The van der Waals surface area contributed by atoms with Gasteiger partial charge in [0.1, 0.15) is 0 Å². The monoisotopic (exact) mass is 306 g/mol. The molecule has 0 atom stereocenters. The van der Waals surface area contributed by atoms with Crippen LogP contribution in [-0.4, -0.2) is 45.6 Å². The first-order valence-corrected chi connectivity index (χ1v) is 6.36. The lowest BCUT2D eigenvalue weighted by Gasteiger charge is -2.08. The highest BCUT2D eigenvalue weighted by atomic mass is 16.5. The molecule has 1 aromatic heterocycles. The van der Waals surface area contributed by atoms with Gasteiger partial charge in [-0.3, -0.25) is 9.89 Å². The minimum absolute atomic E-state index is 0.0000236. The maximum absolute atomic E-state index is 11.9. The molecule has 0 aliphatic carbocycles. The third kappa shape index (κ3) is 2.77. The van der Waals surface area contributed by atoms with Crippen molar-refractivity contribution in [3.63, 3.8) is 0 Å². The molecule has 0 spiro atoms. The molecule has 0 fully saturated rings. The number of aliphatic hydroxyl groups is 1. The van der Waals surface area contributed by atoms with Gasteiger partial charge < -0.3 is 14.9 Å². The third-order valence-corrected chi connectivity index (χ3v) is 3.11. The van der Waals surface area contributed by atoms with Crippen LogP contribution in [0.25, 0.3) is 5.69 Å². The van der Waals surface area contributed by atoms with E-state index < -0.39 is 17.5 Å². The van der Waals surface area contributed by atoms with E-state index in [0.29, 0.717) is 5.69 Å². The average Bonchev–Trinajstić information content (AvgIpc) is 2.84. The van der Waals surface area contributed by atoms with E-state index in [0.717, 1.165) is 0 Å². The van der Waals surface area contributed by atoms with Crippen molar-refractivity contribution in [3.8, 4) is 5.69 Å². The quantitative estimate of drug-likeness (QED) is 0.678. The molecule has 0 amide bonds. The zero-order valence-corrected chi connectivity index (χ0v) is 11.7. The molecule has 1 heterocycles. The molecule has 2 aromatic rings. The highest BCUT2D eigenvalue weighted by Gasteiger charge is 2.22. The molecule has 22 heavy (non-hydrogen) atoms. The summed E-state index contributed by atoms with van der Waals surface area (Å²) >= 11 is 0. The molecule has 1 aromatic carbocycles. The number of carbonyl (C=O) groups is 2. The lowest BCUT2D eigenvalue weighted by atomic mass is 10.1. The summed E-state index contributed by atoms with van der Waals surface area (Å²) in [6.07, 6.45) is -0.0000236. The number of aromatic nitrogens is 2. The van der Waals surface area contributed by atoms with Gasteiger partial charge in [-0.05, 0) is 24.3 Å². The molecule has 0 aliphatic rings. The topological polar surface area (TPSA) is 122 Å². The van der Waals surface area contributed by atoms with Gasteiger partial charge in [-0.1, -0.05) is 0 Å². The Labute approximate surface area is 124 Å². The number of ether oxygens (including phenoxy) is 1. The second kappa shape index (κ2) is 6.27. The second-order valence-electron chi connectivity index (χ2n) is 4.42. The maximum atomic E-state index is 11.9. The van der Waals surface area contributed by atoms with E-state index in [-0.39, 0.29) is 29.8 Å². The fraction of sp³-hybridized carbons (Fsp3) is 0.214. The molecular formula is C14H14N2O6. The number of carboxylic acid groups (broad SMARTS) is 1. The molecule has 0 aliphatic heterocycles. The smallest absolute Gasteiger partial charge is 0.357 e. The number of methoxy groups -OCH3 is 1. The lowest BCUT2D eigenvalue weighted by Crippen LogP contribution is -2.14. The highest BCUT2D eigenvalue weighted by Crippen LogP contribution is 2.15. The predicted octanol–water partition coefficient (Wildman–Crippen LogP) is 0.185. The first-order chi connectivity index (χ1) is 10.5. The number of H-pyrrole nitrogens is 1. The van der Waals surface area contributed by atoms with Crippen molar-refractivity contribution < 1.29 is 24.5 Å². The van der Waals surface area contributed by atoms with Crippen molar-refractivity contribution in [1.29, 1.82) is 0 Å². The molecule has 0 unspecified atom stereocenters. The zero-order chi connectivity index (χ0) is 16.3. The number of aliphatic hydroxyl groups excluding tert-OH is 1. The van der Waals surface area contributed by atoms with Crippen LogP contribution >= 0.6 is 0 Å². The number of aromatic amines is 1.